The molecule has 1 aromatic carbocycles. The Labute approximate surface area is 180 Å². The number of benzene rings is 1. The van der Waals surface area contributed by atoms with E-state index in [4.69, 9.17) is 5.73 Å². The van der Waals surface area contributed by atoms with Gasteiger partial charge in [-0.2, -0.15) is 0 Å². The second-order valence-corrected chi connectivity index (χ2v) is 7.91. The maximum absolute atomic E-state index is 15.0. The number of pyridine rings is 2. The third kappa shape index (κ3) is 4.16. The van der Waals surface area contributed by atoms with Crippen molar-refractivity contribution in [1.82, 2.24) is 15.3 Å². The average molecular weight is 423 g/mol. The zero-order chi connectivity index (χ0) is 22.0. The number of hydrogen-bond donors (Lipinski definition) is 3. The van der Waals surface area contributed by atoms with Gasteiger partial charge in [0.1, 0.15) is 5.82 Å². The lowest BCUT2D eigenvalue weighted by molar-refractivity contribution is 0.100. The van der Waals surface area contributed by atoms with Crippen molar-refractivity contribution < 1.29 is 9.18 Å². The van der Waals surface area contributed by atoms with Crippen LogP contribution < -0.4 is 21.3 Å². The largest absolute Gasteiger partial charge is 0.365 e. The molecule has 1 amide bonds. The fourth-order valence-electron chi connectivity index (χ4n) is 4.42. The molecular weight excluding hydrogens is 395 g/mol. The Bertz CT molecular complexity index is 1100. The van der Waals surface area contributed by atoms with E-state index < -0.39 is 11.7 Å². The maximum atomic E-state index is 15.0. The van der Waals surface area contributed by atoms with E-state index in [1.165, 1.54) is 6.07 Å². The van der Waals surface area contributed by atoms with Crippen molar-refractivity contribution in [2.75, 3.05) is 24.3 Å². The summed E-state index contributed by atoms with van der Waals surface area (Å²) in [4.78, 5) is 22.8. The van der Waals surface area contributed by atoms with Gasteiger partial charge in [0.2, 0.25) is 0 Å². The van der Waals surface area contributed by atoms with E-state index >= 15 is 4.39 Å². The number of nitrogens with one attached hydrogen (secondary N) is 2. The highest BCUT2D eigenvalue weighted by atomic mass is 19.1. The van der Waals surface area contributed by atoms with E-state index in [0.29, 0.717) is 5.69 Å². The lowest BCUT2D eigenvalue weighted by Gasteiger charge is -2.38. The molecule has 1 aliphatic rings. The molecule has 0 saturated heterocycles. The van der Waals surface area contributed by atoms with Crippen LogP contribution in [-0.2, 0) is 0 Å². The van der Waals surface area contributed by atoms with Crippen molar-refractivity contribution in [2.24, 2.45) is 5.73 Å². The quantitative estimate of drug-likeness (QED) is 0.562. The SMILES string of the molecule is CNC1CCCCC1N(C)c1nc(Nc2cccc3ncccc23)c(C(N)=O)cc1F. The standard InChI is InChI=1S/C23H27FN6O/c1-26-19-8-3-4-11-20(19)30(2)23-16(24)13-15(21(25)31)22(29-23)28-18-10-5-9-17-14(18)7-6-12-27-17/h5-7,9-10,12-13,19-20,26H,3-4,8,11H2,1-2H3,(H2,25,31)(H,28,29). The number of carbonyl (C=O) groups is 1. The molecule has 7 nitrogen and oxygen atoms in total. The highest BCUT2D eigenvalue weighted by Gasteiger charge is 2.30. The van der Waals surface area contributed by atoms with Gasteiger partial charge in [-0.15, -0.1) is 0 Å². The van der Waals surface area contributed by atoms with Crippen LogP contribution in [0.3, 0.4) is 0 Å². The number of anilines is 3. The molecule has 0 aliphatic heterocycles. The predicted octanol–water partition coefficient (Wildman–Crippen LogP) is 3.58. The molecule has 1 aliphatic carbocycles. The molecule has 162 valence electrons. The van der Waals surface area contributed by atoms with E-state index in [1.807, 2.05) is 49.3 Å². The summed E-state index contributed by atoms with van der Waals surface area (Å²) in [5.41, 5.74) is 7.06. The number of halogens is 1. The first kappa shape index (κ1) is 21.0. The molecule has 2 atom stereocenters. The van der Waals surface area contributed by atoms with Gasteiger partial charge < -0.3 is 21.3 Å². The number of nitrogens with two attached hydrogens (primary N) is 1. The van der Waals surface area contributed by atoms with Gasteiger partial charge in [-0.1, -0.05) is 18.9 Å². The van der Waals surface area contributed by atoms with E-state index in [2.05, 4.69) is 20.6 Å². The molecule has 8 heteroatoms. The summed E-state index contributed by atoms with van der Waals surface area (Å²) in [5, 5.41) is 7.39. The van der Waals surface area contributed by atoms with Crippen molar-refractivity contribution in [3.63, 3.8) is 0 Å². The highest BCUT2D eigenvalue weighted by molar-refractivity contribution is 6.00. The van der Waals surface area contributed by atoms with Gasteiger partial charge in [0.05, 0.1) is 11.1 Å². The molecule has 0 spiro atoms. The van der Waals surface area contributed by atoms with Crippen molar-refractivity contribution in [3.05, 3.63) is 54.0 Å². The van der Waals surface area contributed by atoms with Gasteiger partial charge in [0.15, 0.2) is 11.6 Å². The summed E-state index contributed by atoms with van der Waals surface area (Å²) >= 11 is 0. The number of nitrogens with zero attached hydrogens (tertiary/aromatic N) is 3. The molecule has 2 aromatic heterocycles. The van der Waals surface area contributed by atoms with Crippen LogP contribution in [0.5, 0.6) is 0 Å². The van der Waals surface area contributed by atoms with Crippen LogP contribution >= 0.6 is 0 Å². The molecule has 1 saturated carbocycles. The minimum absolute atomic E-state index is 0.00403. The Morgan fingerprint density at radius 1 is 1.23 bits per heavy atom. The highest BCUT2D eigenvalue weighted by Crippen LogP contribution is 2.31. The van der Waals surface area contributed by atoms with Crippen LogP contribution in [-0.4, -0.2) is 42.1 Å². The molecule has 2 unspecified atom stereocenters. The van der Waals surface area contributed by atoms with E-state index in [-0.39, 0.29) is 29.3 Å². The van der Waals surface area contributed by atoms with Crippen LogP contribution in [0.25, 0.3) is 10.9 Å². The van der Waals surface area contributed by atoms with Crippen LogP contribution in [0.4, 0.5) is 21.7 Å². The Kier molecular flexibility index (Phi) is 5.99. The lowest BCUT2D eigenvalue weighted by Crippen LogP contribution is -2.50. The van der Waals surface area contributed by atoms with E-state index in [9.17, 15) is 4.79 Å². The summed E-state index contributed by atoms with van der Waals surface area (Å²) < 4.78 is 15.0. The minimum atomic E-state index is -0.743. The zero-order valence-electron chi connectivity index (χ0n) is 17.7. The normalized spacial score (nSPS) is 18.7. The fraction of sp³-hybridized carbons (Fsp3) is 0.348. The first-order valence-electron chi connectivity index (χ1n) is 10.5. The Hall–Kier alpha value is -3.26. The topological polar surface area (TPSA) is 96.2 Å². The Morgan fingerprint density at radius 2 is 2.03 bits per heavy atom. The van der Waals surface area contributed by atoms with E-state index in [1.54, 1.807) is 6.20 Å². The summed E-state index contributed by atoms with van der Waals surface area (Å²) in [6.45, 7) is 0. The number of rotatable bonds is 6. The van der Waals surface area contributed by atoms with Gasteiger partial charge in [0.25, 0.3) is 5.91 Å². The number of primary amides is 1. The number of likely N-dealkylation sites (N-methyl/N-ethyl adjacent to an activating group) is 2. The number of hydrogen-bond acceptors (Lipinski definition) is 6. The maximum Gasteiger partial charge on any atom is 0.252 e. The van der Waals surface area contributed by atoms with Gasteiger partial charge in [0, 0.05) is 36.4 Å². The number of amides is 1. The lowest BCUT2D eigenvalue weighted by atomic mass is 9.89. The molecule has 31 heavy (non-hydrogen) atoms. The third-order valence-corrected chi connectivity index (χ3v) is 6.05. The van der Waals surface area contributed by atoms with Gasteiger partial charge >= 0.3 is 0 Å². The summed E-state index contributed by atoms with van der Waals surface area (Å²) in [6.07, 6.45) is 5.92. The Balaban J connectivity index is 1.75. The van der Waals surface area contributed by atoms with Crippen molar-refractivity contribution >= 4 is 34.1 Å². The van der Waals surface area contributed by atoms with Gasteiger partial charge in [-0.25, -0.2) is 9.37 Å². The number of fused-ring (bicyclic) bond motifs is 1. The van der Waals surface area contributed by atoms with Gasteiger partial charge in [-0.05, 0) is 50.2 Å². The summed E-state index contributed by atoms with van der Waals surface area (Å²) in [6, 6.07) is 10.9. The fourth-order valence-corrected chi connectivity index (χ4v) is 4.42. The second kappa shape index (κ2) is 8.85. The van der Waals surface area contributed by atoms with Crippen LogP contribution in [0.15, 0.2) is 42.6 Å². The van der Waals surface area contributed by atoms with E-state index in [0.717, 1.165) is 36.6 Å². The van der Waals surface area contributed by atoms with Crippen molar-refractivity contribution in [2.45, 2.75) is 37.8 Å². The van der Waals surface area contributed by atoms with Crippen molar-refractivity contribution in [3.8, 4) is 0 Å². The predicted molar refractivity (Wildman–Crippen MR) is 121 cm³/mol. The molecule has 1 fully saturated rings. The summed E-state index contributed by atoms with van der Waals surface area (Å²) in [5.74, 6) is -0.893. The summed E-state index contributed by atoms with van der Waals surface area (Å²) in [7, 11) is 3.78. The molecule has 4 rings (SSSR count). The average Bonchev–Trinajstić information content (AvgIpc) is 2.79. The molecular formula is C23H27FN6O. The molecule has 2 heterocycles. The van der Waals surface area contributed by atoms with Gasteiger partial charge in [-0.3, -0.25) is 9.78 Å². The minimum Gasteiger partial charge on any atom is -0.365 e. The number of carbonyl (C=O) groups excluding carboxylic acids is 1. The molecule has 0 radical (unpaired) electrons. The molecule has 4 N–H and O–H groups in total. The number of aromatic nitrogens is 2. The molecule has 0 bridgehead atoms. The van der Waals surface area contributed by atoms with Crippen LogP contribution in [0.1, 0.15) is 36.0 Å². The Morgan fingerprint density at radius 3 is 2.81 bits per heavy atom. The first-order chi connectivity index (χ1) is 15.0. The molecule has 3 aromatic rings. The van der Waals surface area contributed by atoms with Crippen molar-refractivity contribution in [1.29, 1.82) is 0 Å². The third-order valence-electron chi connectivity index (χ3n) is 6.05. The smallest absolute Gasteiger partial charge is 0.252 e. The second-order valence-electron chi connectivity index (χ2n) is 7.91. The van der Waals surface area contributed by atoms with Crippen LogP contribution in [0.2, 0.25) is 0 Å². The monoisotopic (exact) mass is 422 g/mol. The van der Waals surface area contributed by atoms with Crippen LogP contribution in [0, 0.1) is 5.82 Å². The zero-order valence-corrected chi connectivity index (χ0v) is 17.7. The first-order valence-corrected chi connectivity index (χ1v) is 10.5.